The number of halogens is 1. The lowest BCUT2D eigenvalue weighted by atomic mass is 10.1. The smallest absolute Gasteiger partial charge is 0.258 e. The summed E-state index contributed by atoms with van der Waals surface area (Å²) >= 11 is 0. The van der Waals surface area contributed by atoms with Crippen LogP contribution in [-0.4, -0.2) is 41.9 Å². The van der Waals surface area contributed by atoms with Gasteiger partial charge in [0.1, 0.15) is 17.3 Å². The van der Waals surface area contributed by atoms with Crippen molar-refractivity contribution >= 4 is 15.7 Å². The van der Waals surface area contributed by atoms with Crippen LogP contribution < -0.4 is 4.74 Å². The summed E-state index contributed by atoms with van der Waals surface area (Å²) in [5.41, 5.74) is 3.01. The summed E-state index contributed by atoms with van der Waals surface area (Å²) in [7, 11) is -3.48. The van der Waals surface area contributed by atoms with E-state index in [0.717, 1.165) is 30.2 Å². The summed E-state index contributed by atoms with van der Waals surface area (Å²) in [5.74, 6) is 0.180. The number of sulfone groups is 1. The predicted molar refractivity (Wildman–Crippen MR) is 120 cm³/mol. The molecule has 2 aromatic carbocycles. The number of hydrogen-bond acceptors (Lipinski definition) is 5. The standard InChI is InChI=1S/C24H24FN3O4S/c1-15-3-7-20(25)22(9-15)28-12-17-11-27(13-21(17)26-28)24(29)19-10-18(33(2,30)31)6-8-23(19)32-14-16-4-5-16/h3,6-10,12,16H,4-5,11,13-14H2,1-2H3. The molecule has 172 valence electrons. The van der Waals surface area contributed by atoms with E-state index < -0.39 is 9.84 Å². The Hall–Kier alpha value is -3.20. The van der Waals surface area contributed by atoms with Crippen molar-refractivity contribution in [1.29, 1.82) is 0 Å². The van der Waals surface area contributed by atoms with Crippen LogP contribution in [0.5, 0.6) is 5.75 Å². The lowest BCUT2D eigenvalue weighted by Gasteiger charge is -2.19. The van der Waals surface area contributed by atoms with E-state index in [9.17, 15) is 17.6 Å². The fourth-order valence-corrected chi connectivity index (χ4v) is 4.56. The lowest BCUT2D eigenvalue weighted by Crippen LogP contribution is -2.27. The highest BCUT2D eigenvalue weighted by Gasteiger charge is 2.31. The minimum atomic E-state index is -3.48. The average Bonchev–Trinajstić information content (AvgIpc) is 3.39. The van der Waals surface area contributed by atoms with Crippen LogP contribution >= 0.6 is 0 Å². The van der Waals surface area contributed by atoms with Crippen molar-refractivity contribution in [3.8, 4) is 11.4 Å². The van der Waals surface area contributed by atoms with Gasteiger partial charge >= 0.3 is 0 Å². The third-order valence-corrected chi connectivity index (χ3v) is 7.11. The molecule has 2 heterocycles. The number of aryl methyl sites for hydroxylation is 1. The zero-order valence-corrected chi connectivity index (χ0v) is 19.2. The molecule has 0 atom stereocenters. The van der Waals surface area contributed by atoms with Crippen molar-refractivity contribution in [2.75, 3.05) is 12.9 Å². The Kier molecular flexibility index (Phi) is 5.23. The van der Waals surface area contributed by atoms with Crippen LogP contribution in [0.25, 0.3) is 5.69 Å². The Morgan fingerprint density at radius 3 is 2.67 bits per heavy atom. The normalized spacial score (nSPS) is 15.5. The Bertz CT molecular complexity index is 1340. The van der Waals surface area contributed by atoms with Crippen LogP contribution in [-0.2, 0) is 22.9 Å². The van der Waals surface area contributed by atoms with Crippen molar-refractivity contribution in [2.45, 2.75) is 37.8 Å². The van der Waals surface area contributed by atoms with Crippen LogP contribution in [0.4, 0.5) is 4.39 Å². The molecule has 2 aliphatic rings. The molecule has 1 amide bonds. The SMILES string of the molecule is Cc1ccc(F)c(-n2cc3c(n2)CN(C(=O)c2cc(S(C)(=O)=O)ccc2OCC2CC2)C3)c1. The number of carbonyl (C=O) groups excluding carboxylic acids is 1. The zero-order valence-electron chi connectivity index (χ0n) is 18.4. The fourth-order valence-electron chi connectivity index (χ4n) is 3.91. The molecule has 9 heteroatoms. The number of benzene rings is 2. The second-order valence-electron chi connectivity index (χ2n) is 8.85. The van der Waals surface area contributed by atoms with Gasteiger partial charge in [-0.3, -0.25) is 4.79 Å². The van der Waals surface area contributed by atoms with E-state index in [1.54, 1.807) is 29.3 Å². The van der Waals surface area contributed by atoms with Gasteiger partial charge in [0, 0.05) is 24.6 Å². The van der Waals surface area contributed by atoms with Crippen molar-refractivity contribution in [3.63, 3.8) is 0 Å². The first kappa shape index (κ1) is 21.6. The largest absolute Gasteiger partial charge is 0.492 e. The summed E-state index contributed by atoms with van der Waals surface area (Å²) in [4.78, 5) is 15.1. The molecule has 7 nitrogen and oxygen atoms in total. The van der Waals surface area contributed by atoms with Crippen molar-refractivity contribution in [3.05, 3.63) is 70.8 Å². The fraction of sp³-hybridized carbons (Fsp3) is 0.333. The van der Waals surface area contributed by atoms with Gasteiger partial charge in [-0.25, -0.2) is 17.5 Å². The van der Waals surface area contributed by atoms with Crippen LogP contribution in [0.2, 0.25) is 0 Å². The highest BCUT2D eigenvalue weighted by molar-refractivity contribution is 7.90. The molecule has 0 N–H and O–H groups in total. The predicted octanol–water partition coefficient (Wildman–Crippen LogP) is 3.67. The second-order valence-corrected chi connectivity index (χ2v) is 10.9. The topological polar surface area (TPSA) is 81.5 Å². The highest BCUT2D eigenvalue weighted by Crippen LogP contribution is 2.33. The van der Waals surface area contributed by atoms with Gasteiger partial charge in [0.25, 0.3) is 5.91 Å². The molecular formula is C24H24FN3O4S. The van der Waals surface area contributed by atoms with Crippen molar-refractivity contribution in [1.82, 2.24) is 14.7 Å². The molecule has 1 aromatic heterocycles. The van der Waals surface area contributed by atoms with Gasteiger partial charge in [-0.05, 0) is 61.6 Å². The van der Waals surface area contributed by atoms with Crippen LogP contribution in [0, 0.1) is 18.7 Å². The molecule has 0 radical (unpaired) electrons. The molecular weight excluding hydrogens is 445 g/mol. The molecule has 5 rings (SSSR count). The van der Waals surface area contributed by atoms with Gasteiger partial charge in [0.05, 0.1) is 29.3 Å². The van der Waals surface area contributed by atoms with Crippen LogP contribution in [0.1, 0.15) is 40.0 Å². The molecule has 1 saturated carbocycles. The van der Waals surface area contributed by atoms with E-state index in [0.29, 0.717) is 36.2 Å². The number of amides is 1. The molecule has 0 saturated heterocycles. The zero-order chi connectivity index (χ0) is 23.3. The lowest BCUT2D eigenvalue weighted by molar-refractivity contribution is 0.0744. The molecule has 1 aliphatic carbocycles. The van der Waals surface area contributed by atoms with E-state index in [-0.39, 0.29) is 28.7 Å². The van der Waals surface area contributed by atoms with E-state index >= 15 is 0 Å². The van der Waals surface area contributed by atoms with Gasteiger partial charge in [0.2, 0.25) is 0 Å². The second kappa shape index (κ2) is 7.98. The van der Waals surface area contributed by atoms with E-state index in [4.69, 9.17) is 4.74 Å². The number of rotatable bonds is 6. The maximum Gasteiger partial charge on any atom is 0.258 e. The van der Waals surface area contributed by atoms with Gasteiger partial charge in [-0.2, -0.15) is 5.10 Å². The van der Waals surface area contributed by atoms with Crippen molar-refractivity contribution < 1.29 is 22.3 Å². The minimum absolute atomic E-state index is 0.0710. The molecule has 33 heavy (non-hydrogen) atoms. The van der Waals surface area contributed by atoms with Crippen molar-refractivity contribution in [2.24, 2.45) is 5.92 Å². The number of carbonyl (C=O) groups is 1. The van der Waals surface area contributed by atoms with E-state index in [2.05, 4.69) is 5.10 Å². The monoisotopic (exact) mass is 469 g/mol. The van der Waals surface area contributed by atoms with Crippen LogP contribution in [0.3, 0.4) is 0 Å². The first-order valence-corrected chi connectivity index (χ1v) is 12.7. The molecule has 1 aliphatic heterocycles. The average molecular weight is 470 g/mol. The Balaban J connectivity index is 1.40. The summed E-state index contributed by atoms with van der Waals surface area (Å²) in [6, 6.07) is 9.24. The Morgan fingerprint density at radius 1 is 1.18 bits per heavy atom. The number of hydrogen-bond donors (Lipinski definition) is 0. The first-order chi connectivity index (χ1) is 15.7. The van der Waals surface area contributed by atoms with E-state index in [1.165, 1.54) is 22.9 Å². The summed E-state index contributed by atoms with van der Waals surface area (Å²) in [5, 5.41) is 4.49. The number of fused-ring (bicyclic) bond motifs is 1. The summed E-state index contributed by atoms with van der Waals surface area (Å²) < 4.78 is 45.8. The van der Waals surface area contributed by atoms with Gasteiger partial charge in [-0.15, -0.1) is 0 Å². The molecule has 0 bridgehead atoms. The molecule has 1 fully saturated rings. The number of nitrogens with zero attached hydrogens (tertiary/aromatic N) is 3. The third-order valence-electron chi connectivity index (χ3n) is 6.00. The third kappa shape index (κ3) is 4.37. The molecule has 0 spiro atoms. The highest BCUT2D eigenvalue weighted by atomic mass is 32.2. The Labute approximate surface area is 191 Å². The summed E-state index contributed by atoms with van der Waals surface area (Å²) in [6.45, 7) is 2.94. The quantitative estimate of drug-likeness (QED) is 0.550. The first-order valence-electron chi connectivity index (χ1n) is 10.8. The maximum atomic E-state index is 14.3. The van der Waals surface area contributed by atoms with Gasteiger partial charge in [-0.1, -0.05) is 6.07 Å². The maximum absolute atomic E-state index is 14.3. The minimum Gasteiger partial charge on any atom is -0.492 e. The van der Waals surface area contributed by atoms with Gasteiger partial charge < -0.3 is 9.64 Å². The molecule has 0 unspecified atom stereocenters. The Morgan fingerprint density at radius 2 is 1.97 bits per heavy atom. The number of aromatic nitrogens is 2. The summed E-state index contributed by atoms with van der Waals surface area (Å²) in [6.07, 6.45) is 5.05. The van der Waals surface area contributed by atoms with Gasteiger partial charge in [0.15, 0.2) is 9.84 Å². The van der Waals surface area contributed by atoms with E-state index in [1.807, 2.05) is 6.92 Å². The number of ether oxygens (including phenoxy) is 1. The van der Waals surface area contributed by atoms with Crippen LogP contribution in [0.15, 0.2) is 47.5 Å². The molecule has 3 aromatic rings.